The minimum absolute atomic E-state index is 0.00854. The maximum absolute atomic E-state index is 11.8. The SMILES string of the molecule is Cc1ncnc(N2CC3CN(c4cc(=O)n(C)cn4)CC3C2)c1C. The van der Waals surface area contributed by atoms with Gasteiger partial charge in [-0.2, -0.15) is 0 Å². The van der Waals surface area contributed by atoms with Crippen LogP contribution in [0.25, 0.3) is 0 Å². The Morgan fingerprint density at radius 2 is 1.67 bits per heavy atom. The van der Waals surface area contributed by atoms with E-state index in [1.54, 1.807) is 25.8 Å². The fourth-order valence-corrected chi connectivity index (χ4v) is 3.82. The summed E-state index contributed by atoms with van der Waals surface area (Å²) < 4.78 is 1.50. The highest BCUT2D eigenvalue weighted by Gasteiger charge is 2.41. The number of fused-ring (bicyclic) bond motifs is 1. The second-order valence-corrected chi connectivity index (χ2v) is 6.93. The quantitative estimate of drug-likeness (QED) is 0.812. The van der Waals surface area contributed by atoms with Crippen LogP contribution in [0.4, 0.5) is 11.6 Å². The highest BCUT2D eigenvalue weighted by molar-refractivity contribution is 5.50. The number of anilines is 2. The number of nitrogens with zero attached hydrogens (tertiary/aromatic N) is 6. The van der Waals surface area contributed by atoms with E-state index in [2.05, 4.69) is 31.7 Å². The van der Waals surface area contributed by atoms with Crippen molar-refractivity contribution < 1.29 is 0 Å². The lowest BCUT2D eigenvalue weighted by atomic mass is 10.0. The lowest BCUT2D eigenvalue weighted by Gasteiger charge is -2.24. The topological polar surface area (TPSA) is 67.2 Å². The van der Waals surface area contributed by atoms with Crippen LogP contribution in [-0.2, 0) is 7.05 Å². The molecule has 0 radical (unpaired) electrons. The van der Waals surface area contributed by atoms with E-state index >= 15 is 0 Å². The third-order valence-electron chi connectivity index (χ3n) is 5.38. The molecule has 2 aromatic rings. The molecule has 7 heteroatoms. The van der Waals surface area contributed by atoms with Crippen LogP contribution in [0.1, 0.15) is 11.3 Å². The van der Waals surface area contributed by atoms with E-state index in [0.29, 0.717) is 11.8 Å². The van der Waals surface area contributed by atoms with Gasteiger partial charge in [-0.3, -0.25) is 4.79 Å². The van der Waals surface area contributed by atoms with Crippen LogP contribution >= 0.6 is 0 Å². The molecule has 7 nitrogen and oxygen atoms in total. The summed E-state index contributed by atoms with van der Waals surface area (Å²) in [6.45, 7) is 8.02. The average molecular weight is 326 g/mol. The Balaban J connectivity index is 1.49. The molecule has 24 heavy (non-hydrogen) atoms. The smallest absolute Gasteiger partial charge is 0.255 e. The molecule has 0 amide bonds. The summed E-state index contributed by atoms with van der Waals surface area (Å²) in [5, 5.41) is 0. The van der Waals surface area contributed by atoms with E-state index in [0.717, 1.165) is 43.5 Å². The van der Waals surface area contributed by atoms with Gasteiger partial charge in [0.1, 0.15) is 18.0 Å². The number of hydrogen-bond acceptors (Lipinski definition) is 6. The van der Waals surface area contributed by atoms with Crippen molar-refractivity contribution in [1.29, 1.82) is 0 Å². The zero-order valence-corrected chi connectivity index (χ0v) is 14.3. The van der Waals surface area contributed by atoms with Crippen molar-refractivity contribution in [2.75, 3.05) is 36.0 Å². The van der Waals surface area contributed by atoms with Crippen LogP contribution in [0.5, 0.6) is 0 Å². The number of hydrogen-bond donors (Lipinski definition) is 0. The van der Waals surface area contributed by atoms with Crippen molar-refractivity contribution in [3.63, 3.8) is 0 Å². The summed E-state index contributed by atoms with van der Waals surface area (Å²) in [4.78, 5) is 29.6. The summed E-state index contributed by atoms with van der Waals surface area (Å²) >= 11 is 0. The predicted octanol–water partition coefficient (Wildman–Crippen LogP) is 0.760. The molecular weight excluding hydrogens is 304 g/mol. The fraction of sp³-hybridized carbons (Fsp3) is 0.529. The van der Waals surface area contributed by atoms with Crippen LogP contribution < -0.4 is 15.4 Å². The molecule has 2 aromatic heterocycles. The standard InChI is InChI=1S/C17H22N6O/c1-11-12(2)18-9-19-17(11)23-7-13-5-22(6-14(13)8-23)15-4-16(24)21(3)10-20-15/h4,9-10,13-14H,5-8H2,1-3H3. The van der Waals surface area contributed by atoms with Gasteiger partial charge in [-0.25, -0.2) is 15.0 Å². The van der Waals surface area contributed by atoms with Crippen LogP contribution in [0.3, 0.4) is 0 Å². The molecule has 0 spiro atoms. The van der Waals surface area contributed by atoms with Crippen LogP contribution in [0.15, 0.2) is 23.5 Å². The van der Waals surface area contributed by atoms with Crippen molar-refractivity contribution in [3.8, 4) is 0 Å². The molecule has 2 unspecified atom stereocenters. The van der Waals surface area contributed by atoms with Crippen LogP contribution in [0, 0.1) is 25.7 Å². The molecule has 0 saturated carbocycles. The van der Waals surface area contributed by atoms with Gasteiger partial charge in [0.25, 0.3) is 5.56 Å². The molecular formula is C17H22N6O. The maximum atomic E-state index is 11.8. The van der Waals surface area contributed by atoms with Crippen molar-refractivity contribution in [2.24, 2.45) is 18.9 Å². The Morgan fingerprint density at radius 1 is 1.00 bits per heavy atom. The van der Waals surface area contributed by atoms with Crippen molar-refractivity contribution in [1.82, 2.24) is 19.5 Å². The van der Waals surface area contributed by atoms with Gasteiger partial charge in [-0.15, -0.1) is 0 Å². The third-order valence-corrected chi connectivity index (χ3v) is 5.38. The van der Waals surface area contributed by atoms with Crippen molar-refractivity contribution >= 4 is 11.6 Å². The van der Waals surface area contributed by atoms with E-state index in [1.807, 2.05) is 6.92 Å². The highest BCUT2D eigenvalue weighted by atomic mass is 16.1. The van der Waals surface area contributed by atoms with Crippen LogP contribution in [0.2, 0.25) is 0 Å². The minimum atomic E-state index is -0.00854. The first-order chi connectivity index (χ1) is 11.5. The fourth-order valence-electron chi connectivity index (χ4n) is 3.82. The number of rotatable bonds is 2. The minimum Gasteiger partial charge on any atom is -0.356 e. The highest BCUT2D eigenvalue weighted by Crippen LogP contribution is 2.35. The zero-order chi connectivity index (χ0) is 16.8. The third kappa shape index (κ3) is 2.44. The van der Waals surface area contributed by atoms with Crippen LogP contribution in [-0.4, -0.2) is 45.7 Å². The second kappa shape index (κ2) is 5.58. The zero-order valence-electron chi connectivity index (χ0n) is 14.3. The summed E-state index contributed by atoms with van der Waals surface area (Å²) in [5.41, 5.74) is 2.20. The molecule has 4 heterocycles. The Kier molecular flexibility index (Phi) is 3.51. The van der Waals surface area contributed by atoms with Gasteiger partial charge in [0.2, 0.25) is 0 Å². The van der Waals surface area contributed by atoms with Gasteiger partial charge >= 0.3 is 0 Å². The molecule has 2 atom stereocenters. The average Bonchev–Trinajstić information content (AvgIpc) is 3.11. The van der Waals surface area contributed by atoms with Crippen molar-refractivity contribution in [3.05, 3.63) is 40.3 Å². The van der Waals surface area contributed by atoms with Gasteiger partial charge in [0, 0.05) is 62.4 Å². The molecule has 0 N–H and O–H groups in total. The summed E-state index contributed by atoms with van der Waals surface area (Å²) in [6, 6.07) is 1.64. The first-order valence-corrected chi connectivity index (χ1v) is 8.33. The van der Waals surface area contributed by atoms with Gasteiger partial charge in [-0.1, -0.05) is 0 Å². The molecule has 2 fully saturated rings. The Hall–Kier alpha value is -2.44. The van der Waals surface area contributed by atoms with E-state index in [4.69, 9.17) is 0 Å². The number of aryl methyl sites for hydroxylation is 2. The molecule has 0 aromatic carbocycles. The van der Waals surface area contributed by atoms with E-state index in [1.165, 1.54) is 10.1 Å². The predicted molar refractivity (Wildman–Crippen MR) is 92.4 cm³/mol. The van der Waals surface area contributed by atoms with Crippen molar-refractivity contribution in [2.45, 2.75) is 13.8 Å². The molecule has 2 aliphatic rings. The lowest BCUT2D eigenvalue weighted by Crippen LogP contribution is -2.31. The van der Waals surface area contributed by atoms with Gasteiger partial charge in [-0.05, 0) is 13.8 Å². The van der Waals surface area contributed by atoms with E-state index in [-0.39, 0.29) is 5.56 Å². The van der Waals surface area contributed by atoms with Gasteiger partial charge in [0.15, 0.2) is 0 Å². The van der Waals surface area contributed by atoms with E-state index < -0.39 is 0 Å². The molecule has 2 aliphatic heterocycles. The summed E-state index contributed by atoms with van der Waals surface area (Å²) in [6.07, 6.45) is 3.26. The molecule has 2 saturated heterocycles. The Morgan fingerprint density at radius 3 is 2.33 bits per heavy atom. The lowest BCUT2D eigenvalue weighted by molar-refractivity contribution is 0.533. The normalized spacial score (nSPS) is 23.0. The Bertz CT molecular complexity index is 818. The molecule has 0 bridgehead atoms. The monoisotopic (exact) mass is 326 g/mol. The molecule has 0 aliphatic carbocycles. The van der Waals surface area contributed by atoms with Gasteiger partial charge in [0.05, 0.1) is 6.33 Å². The maximum Gasteiger partial charge on any atom is 0.255 e. The second-order valence-electron chi connectivity index (χ2n) is 6.93. The first-order valence-electron chi connectivity index (χ1n) is 8.33. The van der Waals surface area contributed by atoms with Gasteiger partial charge < -0.3 is 14.4 Å². The summed E-state index contributed by atoms with van der Waals surface area (Å²) in [5.74, 6) is 3.04. The first kappa shape index (κ1) is 15.1. The largest absolute Gasteiger partial charge is 0.356 e. The van der Waals surface area contributed by atoms with E-state index in [9.17, 15) is 4.79 Å². The molecule has 126 valence electrons. The number of aromatic nitrogens is 4. The Labute approximate surface area is 141 Å². The molecule has 4 rings (SSSR count). The summed E-state index contributed by atoms with van der Waals surface area (Å²) in [7, 11) is 1.72.